The zero-order chi connectivity index (χ0) is 14.3. The minimum absolute atomic E-state index is 0.0566. The van der Waals surface area contributed by atoms with Crippen molar-refractivity contribution in [3.05, 3.63) is 46.8 Å². The van der Waals surface area contributed by atoms with E-state index in [0.717, 1.165) is 5.69 Å². The first-order valence-electron chi connectivity index (χ1n) is 5.97. The Morgan fingerprint density at radius 1 is 1.35 bits per heavy atom. The zero-order valence-electron chi connectivity index (χ0n) is 10.6. The van der Waals surface area contributed by atoms with Crippen molar-refractivity contribution in [2.75, 3.05) is 0 Å². The lowest BCUT2D eigenvalue weighted by atomic mass is 10.3. The van der Waals surface area contributed by atoms with Crippen molar-refractivity contribution >= 4 is 34.2 Å². The number of imidazole rings is 1. The molecule has 0 aliphatic carbocycles. The fraction of sp³-hybridized carbons (Fsp3) is 0.231. The molecule has 0 saturated carbocycles. The Kier molecular flexibility index (Phi) is 3.40. The second kappa shape index (κ2) is 5.07. The van der Waals surface area contributed by atoms with Crippen LogP contribution in [0.4, 0.5) is 4.39 Å². The van der Waals surface area contributed by atoms with Crippen molar-refractivity contribution in [2.45, 2.75) is 12.4 Å². The van der Waals surface area contributed by atoms with Crippen molar-refractivity contribution in [3.63, 3.8) is 0 Å². The Morgan fingerprint density at radius 2 is 2.15 bits per heavy atom. The lowest BCUT2D eigenvalue weighted by Gasteiger charge is -2.05. The molecule has 0 bridgehead atoms. The Hall–Kier alpha value is -1.59. The first kappa shape index (κ1) is 13.4. The third-order valence-electron chi connectivity index (χ3n) is 3.08. The first-order chi connectivity index (χ1) is 9.58. The molecule has 4 nitrogen and oxygen atoms in total. The van der Waals surface area contributed by atoms with Gasteiger partial charge in [0.25, 0.3) is 0 Å². The van der Waals surface area contributed by atoms with Crippen molar-refractivity contribution in [1.82, 2.24) is 19.3 Å². The smallest absolute Gasteiger partial charge is 0.144 e. The quantitative estimate of drug-likeness (QED) is 0.695. The molecule has 3 rings (SSSR count). The molecule has 0 unspecified atom stereocenters. The van der Waals surface area contributed by atoms with Gasteiger partial charge in [-0.15, -0.1) is 11.6 Å². The first-order valence-corrected chi connectivity index (χ1v) is 6.88. The fourth-order valence-corrected chi connectivity index (χ4v) is 2.52. The standard InChI is InChI=1S/C13H11Cl2FN4/c1-19-3-2-8(18-19)7-20-12-5-10(16)9(15)4-11(12)17-13(20)6-14/h2-5H,6-7H2,1H3. The molecule has 2 aromatic heterocycles. The van der Waals surface area contributed by atoms with Crippen molar-refractivity contribution in [2.24, 2.45) is 7.05 Å². The number of aryl methyl sites for hydroxylation is 1. The minimum Gasteiger partial charge on any atom is -0.321 e. The molecule has 3 aromatic rings. The summed E-state index contributed by atoms with van der Waals surface area (Å²) in [7, 11) is 1.84. The van der Waals surface area contributed by atoms with Gasteiger partial charge in [0.15, 0.2) is 0 Å². The van der Waals surface area contributed by atoms with Crippen LogP contribution in [0.2, 0.25) is 5.02 Å². The molecule has 0 saturated heterocycles. The molecule has 0 fully saturated rings. The van der Waals surface area contributed by atoms with Crippen LogP contribution in [0.3, 0.4) is 0 Å². The monoisotopic (exact) mass is 312 g/mol. The predicted octanol–water partition coefficient (Wildman–Crippen LogP) is 3.35. The van der Waals surface area contributed by atoms with Gasteiger partial charge in [-0.2, -0.15) is 5.10 Å². The van der Waals surface area contributed by atoms with Crippen LogP contribution >= 0.6 is 23.2 Å². The molecule has 0 atom stereocenters. The second-order valence-corrected chi connectivity index (χ2v) is 5.16. The molecule has 0 spiro atoms. The Balaban J connectivity index is 2.14. The molecule has 104 valence electrons. The largest absolute Gasteiger partial charge is 0.321 e. The Bertz CT molecular complexity index is 778. The lowest BCUT2D eigenvalue weighted by molar-refractivity contribution is 0.628. The van der Waals surface area contributed by atoms with Crippen LogP contribution in [-0.2, 0) is 19.5 Å². The summed E-state index contributed by atoms with van der Waals surface area (Å²) in [6.07, 6.45) is 1.85. The summed E-state index contributed by atoms with van der Waals surface area (Å²) in [5, 5.41) is 4.37. The Morgan fingerprint density at radius 3 is 2.80 bits per heavy atom. The summed E-state index contributed by atoms with van der Waals surface area (Å²) in [5.41, 5.74) is 2.14. The van der Waals surface area contributed by atoms with Crippen LogP contribution in [0.1, 0.15) is 11.5 Å². The molecule has 1 aromatic carbocycles. The van der Waals surface area contributed by atoms with E-state index in [1.165, 1.54) is 12.1 Å². The minimum atomic E-state index is -0.470. The number of rotatable bonds is 3. The number of benzene rings is 1. The SMILES string of the molecule is Cn1ccc(Cn2c(CCl)nc3cc(Cl)c(F)cc32)n1. The fourth-order valence-electron chi connectivity index (χ4n) is 2.16. The molecule has 0 aliphatic rings. The van der Waals surface area contributed by atoms with Crippen molar-refractivity contribution in [3.8, 4) is 0 Å². The van der Waals surface area contributed by atoms with Crippen LogP contribution in [-0.4, -0.2) is 19.3 Å². The van der Waals surface area contributed by atoms with Crippen LogP contribution in [0, 0.1) is 5.82 Å². The second-order valence-electron chi connectivity index (χ2n) is 4.48. The number of fused-ring (bicyclic) bond motifs is 1. The number of nitrogens with zero attached hydrogens (tertiary/aromatic N) is 4. The van der Waals surface area contributed by atoms with Gasteiger partial charge in [-0.1, -0.05) is 11.6 Å². The molecule has 0 radical (unpaired) electrons. The van der Waals surface area contributed by atoms with E-state index in [1.807, 2.05) is 23.9 Å². The van der Waals surface area contributed by atoms with E-state index in [4.69, 9.17) is 23.2 Å². The van der Waals surface area contributed by atoms with Gasteiger partial charge in [0.2, 0.25) is 0 Å². The topological polar surface area (TPSA) is 35.6 Å². The van der Waals surface area contributed by atoms with Crippen molar-refractivity contribution in [1.29, 1.82) is 0 Å². The molecule has 0 N–H and O–H groups in total. The number of aromatic nitrogens is 4. The number of hydrogen-bond acceptors (Lipinski definition) is 2. The normalized spacial score (nSPS) is 11.4. The number of halogens is 3. The number of alkyl halides is 1. The van der Waals surface area contributed by atoms with Gasteiger partial charge in [0.05, 0.1) is 34.2 Å². The van der Waals surface area contributed by atoms with E-state index in [0.29, 0.717) is 23.4 Å². The molecule has 0 amide bonds. The highest BCUT2D eigenvalue weighted by molar-refractivity contribution is 6.31. The van der Waals surface area contributed by atoms with Gasteiger partial charge in [-0.3, -0.25) is 4.68 Å². The van der Waals surface area contributed by atoms with Crippen LogP contribution in [0.5, 0.6) is 0 Å². The molecular formula is C13H11Cl2FN4. The van der Waals surface area contributed by atoms with Gasteiger partial charge < -0.3 is 4.57 Å². The third kappa shape index (κ3) is 2.27. The van der Waals surface area contributed by atoms with E-state index < -0.39 is 5.82 Å². The molecular weight excluding hydrogens is 302 g/mol. The molecule has 2 heterocycles. The highest BCUT2D eigenvalue weighted by Crippen LogP contribution is 2.25. The molecule has 0 aliphatic heterocycles. The summed E-state index contributed by atoms with van der Waals surface area (Å²) in [6.45, 7) is 0.487. The van der Waals surface area contributed by atoms with E-state index in [9.17, 15) is 4.39 Å². The van der Waals surface area contributed by atoms with Crippen molar-refractivity contribution < 1.29 is 4.39 Å². The van der Waals surface area contributed by atoms with E-state index >= 15 is 0 Å². The average molecular weight is 313 g/mol. The average Bonchev–Trinajstić information content (AvgIpc) is 2.96. The highest BCUT2D eigenvalue weighted by atomic mass is 35.5. The van der Waals surface area contributed by atoms with Gasteiger partial charge in [-0.05, 0) is 12.1 Å². The maximum absolute atomic E-state index is 13.7. The maximum atomic E-state index is 13.7. The van der Waals surface area contributed by atoms with Crippen LogP contribution in [0.25, 0.3) is 11.0 Å². The van der Waals surface area contributed by atoms with Gasteiger partial charge in [-0.25, -0.2) is 9.37 Å². The Labute approximate surface area is 124 Å². The number of hydrogen-bond donors (Lipinski definition) is 0. The van der Waals surface area contributed by atoms with E-state index in [1.54, 1.807) is 4.68 Å². The summed E-state index contributed by atoms with van der Waals surface area (Å²) in [5.74, 6) is 0.428. The molecule has 20 heavy (non-hydrogen) atoms. The van der Waals surface area contributed by atoms with Crippen LogP contribution in [0.15, 0.2) is 24.4 Å². The zero-order valence-corrected chi connectivity index (χ0v) is 12.2. The molecule has 7 heteroatoms. The summed E-state index contributed by atoms with van der Waals surface area (Å²) >= 11 is 11.7. The third-order valence-corrected chi connectivity index (χ3v) is 3.61. The van der Waals surface area contributed by atoms with Gasteiger partial charge in [0, 0.05) is 19.3 Å². The van der Waals surface area contributed by atoms with Gasteiger partial charge >= 0.3 is 0 Å². The summed E-state index contributed by atoms with van der Waals surface area (Å²) in [4.78, 5) is 4.38. The van der Waals surface area contributed by atoms with Gasteiger partial charge in [0.1, 0.15) is 11.6 Å². The van der Waals surface area contributed by atoms with E-state index in [-0.39, 0.29) is 10.9 Å². The highest BCUT2D eigenvalue weighted by Gasteiger charge is 2.14. The lowest BCUT2D eigenvalue weighted by Crippen LogP contribution is -2.05. The maximum Gasteiger partial charge on any atom is 0.144 e. The van der Waals surface area contributed by atoms with E-state index in [2.05, 4.69) is 10.1 Å². The summed E-state index contributed by atoms with van der Waals surface area (Å²) in [6, 6.07) is 4.79. The predicted molar refractivity (Wildman–Crippen MR) is 76.6 cm³/mol. The summed E-state index contributed by atoms with van der Waals surface area (Å²) < 4.78 is 17.2. The van der Waals surface area contributed by atoms with Crippen LogP contribution < -0.4 is 0 Å².